The van der Waals surface area contributed by atoms with Crippen molar-refractivity contribution in [3.63, 3.8) is 0 Å². The number of aromatic nitrogens is 3. The lowest BCUT2D eigenvalue weighted by atomic mass is 9.33. The molecule has 7 heteroatoms. The SMILES string of the molecule is CCCCCCn1cc(COC(=O)C2(C)CCCC3(C)C2CCC24C=C(C(C)C)C(CC32)C2C(=O)CCC(=O)C24)nn1. The van der Waals surface area contributed by atoms with Gasteiger partial charge >= 0.3 is 5.97 Å². The van der Waals surface area contributed by atoms with Gasteiger partial charge in [0.2, 0.25) is 0 Å². The Balaban J connectivity index is 1.23. The lowest BCUT2D eigenvalue weighted by Gasteiger charge is -2.70. The lowest BCUT2D eigenvalue weighted by molar-refractivity contribution is -0.203. The average Bonchev–Trinajstić information content (AvgIpc) is 3.42. The van der Waals surface area contributed by atoms with Crippen molar-refractivity contribution in [2.75, 3.05) is 0 Å². The number of nitrogens with zero attached hydrogens (tertiary/aromatic N) is 3. The van der Waals surface area contributed by atoms with Crippen molar-refractivity contribution in [2.24, 2.45) is 51.8 Å². The number of allylic oxidation sites excluding steroid dienone is 2. The maximum absolute atomic E-state index is 13.9. The summed E-state index contributed by atoms with van der Waals surface area (Å²) in [6, 6.07) is 0. The van der Waals surface area contributed by atoms with E-state index in [1.165, 1.54) is 24.8 Å². The molecule has 0 radical (unpaired) electrons. The molecule has 0 saturated heterocycles. The molecule has 8 atom stereocenters. The van der Waals surface area contributed by atoms with Crippen LogP contribution in [0.1, 0.15) is 117 Å². The third-order valence-corrected chi connectivity index (χ3v) is 12.7. The van der Waals surface area contributed by atoms with Gasteiger partial charge in [-0.05, 0) is 74.5 Å². The molecule has 7 nitrogen and oxygen atoms in total. The molecule has 6 aliphatic carbocycles. The second kappa shape index (κ2) is 11.0. The molecule has 230 valence electrons. The van der Waals surface area contributed by atoms with Crippen LogP contribution in [0.25, 0.3) is 0 Å². The Hall–Kier alpha value is -2.31. The molecule has 1 aromatic rings. The molecule has 8 unspecified atom stereocenters. The Bertz CT molecular complexity index is 1270. The van der Waals surface area contributed by atoms with Gasteiger partial charge in [-0.15, -0.1) is 5.10 Å². The first-order valence-electron chi connectivity index (χ1n) is 16.9. The molecule has 1 aromatic heterocycles. The molecule has 0 amide bonds. The van der Waals surface area contributed by atoms with Gasteiger partial charge in [-0.2, -0.15) is 0 Å². The Morgan fingerprint density at radius 3 is 2.62 bits per heavy atom. The number of carbonyl (C=O) groups excluding carboxylic acids is 3. The zero-order chi connectivity index (χ0) is 29.9. The summed E-state index contributed by atoms with van der Waals surface area (Å²) in [4.78, 5) is 40.9. The monoisotopic (exact) mass is 577 g/mol. The Morgan fingerprint density at radius 1 is 1.07 bits per heavy atom. The predicted molar refractivity (Wildman–Crippen MR) is 160 cm³/mol. The second-order valence-electron chi connectivity index (χ2n) is 15.2. The quantitative estimate of drug-likeness (QED) is 0.180. The Kier molecular flexibility index (Phi) is 7.79. The summed E-state index contributed by atoms with van der Waals surface area (Å²) < 4.78 is 7.88. The first kappa shape index (κ1) is 29.7. The molecule has 2 bridgehead atoms. The van der Waals surface area contributed by atoms with Crippen molar-refractivity contribution in [3.05, 3.63) is 23.5 Å². The van der Waals surface area contributed by atoms with Gasteiger partial charge in [0.15, 0.2) is 0 Å². The highest BCUT2D eigenvalue weighted by atomic mass is 16.5. The van der Waals surface area contributed by atoms with Gasteiger partial charge < -0.3 is 4.74 Å². The Morgan fingerprint density at radius 2 is 1.86 bits per heavy atom. The van der Waals surface area contributed by atoms with Crippen molar-refractivity contribution in [1.82, 2.24) is 15.0 Å². The highest BCUT2D eigenvalue weighted by Crippen LogP contribution is 2.74. The number of rotatable bonds is 9. The number of hydrogen-bond acceptors (Lipinski definition) is 6. The van der Waals surface area contributed by atoms with E-state index in [0.29, 0.717) is 41.9 Å². The average molecular weight is 578 g/mol. The molecule has 1 spiro atoms. The fraction of sp³-hybridized carbons (Fsp3) is 0.800. The third-order valence-electron chi connectivity index (χ3n) is 12.7. The standard InChI is InChI=1S/C35H51N3O4/c1-6-7-8-9-17-38-20-23(36-37-38)21-42-32(41)34(5)15-10-14-33(4)28(34)13-16-35-19-25(22(2)3)24(18-29(33)35)30-26(39)11-12-27(40)31(30)35/h19-20,22,24,28-31H,6-18,21H2,1-5H3. The van der Waals surface area contributed by atoms with Gasteiger partial charge in [0, 0.05) is 36.6 Å². The van der Waals surface area contributed by atoms with Gasteiger partial charge in [-0.1, -0.05) is 70.2 Å². The van der Waals surface area contributed by atoms with Crippen LogP contribution in [-0.2, 0) is 32.3 Å². The van der Waals surface area contributed by atoms with Crippen molar-refractivity contribution >= 4 is 17.5 Å². The number of aryl methyl sites for hydroxylation is 1. The third kappa shape index (κ3) is 4.54. The highest BCUT2D eigenvalue weighted by Gasteiger charge is 2.71. The highest BCUT2D eigenvalue weighted by molar-refractivity contribution is 5.98. The molecular weight excluding hydrogens is 526 g/mol. The van der Waals surface area contributed by atoms with Crippen LogP contribution in [0.2, 0.25) is 0 Å². The molecule has 0 N–H and O–H groups in total. The van der Waals surface area contributed by atoms with Crippen LogP contribution >= 0.6 is 0 Å². The van der Waals surface area contributed by atoms with Crippen LogP contribution in [0.15, 0.2) is 17.8 Å². The normalized spacial score (nSPS) is 39.0. The molecule has 7 rings (SSSR count). The van der Waals surface area contributed by atoms with E-state index >= 15 is 0 Å². The number of ether oxygens (including phenoxy) is 1. The molecule has 1 heterocycles. The summed E-state index contributed by atoms with van der Waals surface area (Å²) in [5.74, 6) is 1.25. The van der Waals surface area contributed by atoms with Gasteiger partial charge in [-0.3, -0.25) is 19.1 Å². The maximum atomic E-state index is 13.9. The van der Waals surface area contributed by atoms with Crippen LogP contribution in [0.3, 0.4) is 0 Å². The van der Waals surface area contributed by atoms with E-state index in [2.05, 4.69) is 51.0 Å². The van der Waals surface area contributed by atoms with Gasteiger partial charge in [0.25, 0.3) is 0 Å². The minimum Gasteiger partial charge on any atom is -0.459 e. The van der Waals surface area contributed by atoms with Crippen LogP contribution < -0.4 is 0 Å². The van der Waals surface area contributed by atoms with E-state index in [9.17, 15) is 14.4 Å². The topological polar surface area (TPSA) is 91.2 Å². The van der Waals surface area contributed by atoms with Crippen molar-refractivity contribution in [1.29, 1.82) is 0 Å². The molecular formula is C35H51N3O4. The van der Waals surface area contributed by atoms with Crippen LogP contribution in [0, 0.1) is 51.8 Å². The summed E-state index contributed by atoms with van der Waals surface area (Å²) in [6.07, 6.45) is 15.6. The zero-order valence-corrected chi connectivity index (χ0v) is 26.5. The van der Waals surface area contributed by atoms with Crippen molar-refractivity contribution in [3.8, 4) is 0 Å². The minimum atomic E-state index is -0.572. The number of carbonyl (C=O) groups is 3. The molecule has 0 aromatic carbocycles. The zero-order valence-electron chi connectivity index (χ0n) is 26.5. The predicted octanol–water partition coefficient (Wildman–Crippen LogP) is 6.89. The Labute approximate surface area is 251 Å². The molecule has 6 aliphatic rings. The minimum absolute atomic E-state index is 0.0745. The molecule has 0 aliphatic heterocycles. The molecule has 42 heavy (non-hydrogen) atoms. The second-order valence-corrected chi connectivity index (χ2v) is 15.2. The van der Waals surface area contributed by atoms with Crippen molar-refractivity contribution < 1.29 is 19.1 Å². The number of Topliss-reactive ketones (excluding diaryl/α,β-unsaturated/α-hetero) is 2. The van der Waals surface area contributed by atoms with E-state index in [1.807, 2.05) is 10.9 Å². The number of fused-ring (bicyclic) bond motifs is 1. The molecule has 4 saturated carbocycles. The van der Waals surface area contributed by atoms with E-state index in [0.717, 1.165) is 51.5 Å². The largest absolute Gasteiger partial charge is 0.459 e. The summed E-state index contributed by atoms with van der Waals surface area (Å²) in [5.41, 5.74) is 1.21. The summed E-state index contributed by atoms with van der Waals surface area (Å²) >= 11 is 0. The van der Waals surface area contributed by atoms with Crippen LogP contribution in [0.4, 0.5) is 0 Å². The van der Waals surface area contributed by atoms with E-state index in [-0.39, 0.29) is 47.1 Å². The summed E-state index contributed by atoms with van der Waals surface area (Å²) in [6.45, 7) is 12.2. The van der Waals surface area contributed by atoms with Crippen molar-refractivity contribution in [2.45, 2.75) is 125 Å². The fourth-order valence-electron chi connectivity index (χ4n) is 10.8. The van der Waals surface area contributed by atoms with Gasteiger partial charge in [0.1, 0.15) is 23.9 Å². The number of ketones is 2. The van der Waals surface area contributed by atoms with E-state index in [1.54, 1.807) is 0 Å². The maximum Gasteiger partial charge on any atom is 0.312 e. The first-order chi connectivity index (χ1) is 20.0. The molecule has 4 fully saturated rings. The van der Waals surface area contributed by atoms with Crippen LogP contribution in [-0.4, -0.2) is 32.5 Å². The first-order valence-corrected chi connectivity index (χ1v) is 16.9. The van der Waals surface area contributed by atoms with Crippen LogP contribution in [0.5, 0.6) is 0 Å². The van der Waals surface area contributed by atoms with E-state index < -0.39 is 5.41 Å². The fourth-order valence-corrected chi connectivity index (χ4v) is 10.8. The lowest BCUT2D eigenvalue weighted by Crippen LogP contribution is -2.67. The van der Waals surface area contributed by atoms with Gasteiger partial charge in [-0.25, -0.2) is 0 Å². The summed E-state index contributed by atoms with van der Waals surface area (Å²) in [5, 5.41) is 8.52. The number of hydrogen-bond donors (Lipinski definition) is 0. The van der Waals surface area contributed by atoms with E-state index in [4.69, 9.17) is 4.74 Å². The number of unbranched alkanes of at least 4 members (excludes halogenated alkanes) is 3. The van der Waals surface area contributed by atoms with Gasteiger partial charge in [0.05, 0.1) is 11.6 Å². The summed E-state index contributed by atoms with van der Waals surface area (Å²) in [7, 11) is 0. The number of esters is 1. The smallest absolute Gasteiger partial charge is 0.312 e.